The largest absolute Gasteiger partial charge is 0.378 e. The second-order valence-electron chi connectivity index (χ2n) is 4.90. The molecule has 0 amide bonds. The smallest absolute Gasteiger partial charge is 0.106 e. The van der Waals surface area contributed by atoms with Crippen LogP contribution in [0, 0.1) is 13.8 Å². The summed E-state index contributed by atoms with van der Waals surface area (Å²) in [6.07, 6.45) is 0. The molecule has 0 spiro atoms. The van der Waals surface area contributed by atoms with Crippen LogP contribution in [-0.4, -0.2) is 4.98 Å². The summed E-state index contributed by atoms with van der Waals surface area (Å²) in [6, 6.07) is 10.4. The molecular weight excluding hydrogens is 288 g/mol. The molecule has 0 saturated carbocycles. The first-order valence-electron chi connectivity index (χ1n) is 6.47. The molecule has 3 rings (SSSR count). The Morgan fingerprint density at radius 2 is 2.05 bits per heavy atom. The zero-order valence-corrected chi connectivity index (χ0v) is 13.0. The monoisotopic (exact) mass is 302 g/mol. The number of hydrogen-bond acceptors (Lipinski definition) is 3. The van der Waals surface area contributed by atoms with Crippen LogP contribution in [0.2, 0.25) is 5.02 Å². The molecule has 0 bridgehead atoms. The molecule has 0 aliphatic heterocycles. The van der Waals surface area contributed by atoms with E-state index in [2.05, 4.69) is 42.3 Å². The maximum atomic E-state index is 6.29. The Labute approximate surface area is 127 Å². The van der Waals surface area contributed by atoms with Crippen LogP contribution in [0.3, 0.4) is 0 Å². The normalized spacial score (nSPS) is 10.9. The predicted octanol–water partition coefficient (Wildman–Crippen LogP) is 5.18. The molecule has 0 saturated heterocycles. The Bertz CT molecular complexity index is 764. The van der Waals surface area contributed by atoms with Gasteiger partial charge in [-0.15, -0.1) is 11.3 Å². The zero-order valence-electron chi connectivity index (χ0n) is 11.4. The van der Waals surface area contributed by atoms with Gasteiger partial charge in [0.2, 0.25) is 0 Å². The van der Waals surface area contributed by atoms with Gasteiger partial charge in [0.15, 0.2) is 0 Å². The molecule has 4 heteroatoms. The van der Waals surface area contributed by atoms with Crippen molar-refractivity contribution >= 4 is 38.8 Å². The number of aromatic nitrogens is 1. The van der Waals surface area contributed by atoms with Gasteiger partial charge < -0.3 is 5.32 Å². The second kappa shape index (κ2) is 5.43. The molecule has 0 aliphatic rings. The summed E-state index contributed by atoms with van der Waals surface area (Å²) >= 11 is 7.92. The number of rotatable bonds is 3. The molecule has 3 aromatic rings. The fraction of sp³-hybridized carbons (Fsp3) is 0.188. The van der Waals surface area contributed by atoms with Crippen LogP contribution >= 0.6 is 22.9 Å². The predicted molar refractivity (Wildman–Crippen MR) is 87.9 cm³/mol. The van der Waals surface area contributed by atoms with E-state index in [9.17, 15) is 0 Å². The molecular formula is C16H15ClN2S. The van der Waals surface area contributed by atoms with E-state index in [1.807, 2.05) is 17.6 Å². The average molecular weight is 303 g/mol. The fourth-order valence-electron chi connectivity index (χ4n) is 2.30. The summed E-state index contributed by atoms with van der Waals surface area (Å²) in [5.41, 5.74) is 7.57. The van der Waals surface area contributed by atoms with Crippen molar-refractivity contribution in [2.24, 2.45) is 0 Å². The van der Waals surface area contributed by atoms with Crippen molar-refractivity contribution in [2.75, 3.05) is 5.32 Å². The number of benzene rings is 2. The molecule has 0 atom stereocenters. The van der Waals surface area contributed by atoms with Crippen molar-refractivity contribution < 1.29 is 0 Å². The van der Waals surface area contributed by atoms with Gasteiger partial charge in [-0.3, -0.25) is 0 Å². The number of nitrogens with zero attached hydrogens (tertiary/aromatic N) is 1. The van der Waals surface area contributed by atoms with Crippen LogP contribution in [-0.2, 0) is 6.54 Å². The summed E-state index contributed by atoms with van der Waals surface area (Å²) < 4.78 is 1.15. The summed E-state index contributed by atoms with van der Waals surface area (Å²) in [5.74, 6) is 0. The highest BCUT2D eigenvalue weighted by atomic mass is 35.5. The molecule has 0 fully saturated rings. The Hall–Kier alpha value is -1.58. The minimum Gasteiger partial charge on any atom is -0.378 e. The van der Waals surface area contributed by atoms with Gasteiger partial charge in [-0.2, -0.15) is 0 Å². The maximum Gasteiger partial charge on any atom is 0.106 e. The van der Waals surface area contributed by atoms with Crippen LogP contribution in [0.15, 0.2) is 35.8 Å². The van der Waals surface area contributed by atoms with E-state index in [-0.39, 0.29) is 0 Å². The SMILES string of the molecule is Cc1ccc(CNc2c(Cl)ccc3scnc23)c(C)c1. The number of halogens is 1. The standard InChI is InChI=1S/C16H15ClN2S/c1-10-3-4-12(11(2)7-10)8-18-15-13(17)5-6-14-16(15)19-9-20-14/h3-7,9,18H,8H2,1-2H3. The van der Waals surface area contributed by atoms with Gasteiger partial charge >= 0.3 is 0 Å². The van der Waals surface area contributed by atoms with Crippen molar-refractivity contribution in [3.63, 3.8) is 0 Å². The Morgan fingerprint density at radius 1 is 1.20 bits per heavy atom. The molecule has 0 aliphatic carbocycles. The highest BCUT2D eigenvalue weighted by Gasteiger charge is 2.09. The van der Waals surface area contributed by atoms with Gasteiger partial charge in [-0.1, -0.05) is 35.4 Å². The van der Waals surface area contributed by atoms with Gasteiger partial charge in [0.25, 0.3) is 0 Å². The van der Waals surface area contributed by atoms with E-state index in [1.165, 1.54) is 16.7 Å². The number of aryl methyl sites for hydroxylation is 2. The van der Waals surface area contributed by atoms with E-state index in [4.69, 9.17) is 11.6 Å². The van der Waals surface area contributed by atoms with Crippen molar-refractivity contribution in [3.05, 3.63) is 57.6 Å². The quantitative estimate of drug-likeness (QED) is 0.721. The van der Waals surface area contributed by atoms with Crippen LogP contribution in [0.4, 0.5) is 5.69 Å². The third kappa shape index (κ3) is 2.51. The summed E-state index contributed by atoms with van der Waals surface area (Å²) in [7, 11) is 0. The molecule has 0 unspecified atom stereocenters. The van der Waals surface area contributed by atoms with E-state index in [0.717, 1.165) is 22.4 Å². The first-order chi connectivity index (χ1) is 9.65. The molecule has 2 aromatic carbocycles. The van der Waals surface area contributed by atoms with Gasteiger partial charge in [-0.25, -0.2) is 4.98 Å². The summed E-state index contributed by atoms with van der Waals surface area (Å²) in [6.45, 7) is 4.99. The Kier molecular flexibility index (Phi) is 3.64. The zero-order chi connectivity index (χ0) is 14.1. The number of thiazole rings is 1. The second-order valence-corrected chi connectivity index (χ2v) is 6.20. The third-order valence-electron chi connectivity index (χ3n) is 3.41. The molecule has 1 aromatic heterocycles. The highest BCUT2D eigenvalue weighted by Crippen LogP contribution is 2.32. The van der Waals surface area contributed by atoms with Crippen molar-refractivity contribution in [1.82, 2.24) is 4.98 Å². The lowest BCUT2D eigenvalue weighted by molar-refractivity contribution is 1.11. The van der Waals surface area contributed by atoms with E-state index < -0.39 is 0 Å². The minimum atomic E-state index is 0.716. The van der Waals surface area contributed by atoms with Crippen molar-refractivity contribution in [1.29, 1.82) is 0 Å². The Balaban J connectivity index is 1.90. The molecule has 0 radical (unpaired) electrons. The summed E-state index contributed by atoms with van der Waals surface area (Å²) in [4.78, 5) is 4.40. The molecule has 1 heterocycles. The Morgan fingerprint density at radius 3 is 2.85 bits per heavy atom. The lowest BCUT2D eigenvalue weighted by atomic mass is 10.1. The van der Waals surface area contributed by atoms with E-state index >= 15 is 0 Å². The molecule has 20 heavy (non-hydrogen) atoms. The van der Waals surface area contributed by atoms with E-state index in [1.54, 1.807) is 11.3 Å². The highest BCUT2D eigenvalue weighted by molar-refractivity contribution is 7.16. The van der Waals surface area contributed by atoms with Gasteiger partial charge in [0.05, 0.1) is 20.9 Å². The van der Waals surface area contributed by atoms with Crippen molar-refractivity contribution in [2.45, 2.75) is 20.4 Å². The molecule has 1 N–H and O–H groups in total. The maximum absolute atomic E-state index is 6.29. The first kappa shape index (κ1) is 13.4. The number of anilines is 1. The number of fused-ring (bicyclic) bond motifs is 1. The summed E-state index contributed by atoms with van der Waals surface area (Å²) in [5, 5.41) is 4.15. The molecule has 2 nitrogen and oxygen atoms in total. The lowest BCUT2D eigenvalue weighted by Gasteiger charge is -2.11. The van der Waals surface area contributed by atoms with Crippen LogP contribution in [0.1, 0.15) is 16.7 Å². The van der Waals surface area contributed by atoms with Gasteiger partial charge in [-0.05, 0) is 37.1 Å². The minimum absolute atomic E-state index is 0.716. The molecule has 102 valence electrons. The van der Waals surface area contributed by atoms with Gasteiger partial charge in [0, 0.05) is 6.54 Å². The average Bonchev–Trinajstić information content (AvgIpc) is 2.88. The lowest BCUT2D eigenvalue weighted by Crippen LogP contribution is -2.02. The third-order valence-corrected chi connectivity index (χ3v) is 4.51. The topological polar surface area (TPSA) is 24.9 Å². The van der Waals surface area contributed by atoms with Crippen molar-refractivity contribution in [3.8, 4) is 0 Å². The first-order valence-corrected chi connectivity index (χ1v) is 7.72. The van der Waals surface area contributed by atoms with Crippen LogP contribution in [0.5, 0.6) is 0 Å². The van der Waals surface area contributed by atoms with Crippen LogP contribution in [0.25, 0.3) is 10.2 Å². The van der Waals surface area contributed by atoms with Gasteiger partial charge in [0.1, 0.15) is 5.52 Å². The number of nitrogens with one attached hydrogen (secondary N) is 1. The van der Waals surface area contributed by atoms with E-state index in [0.29, 0.717) is 5.02 Å². The number of hydrogen-bond donors (Lipinski definition) is 1. The fourth-order valence-corrected chi connectivity index (χ4v) is 3.21. The van der Waals surface area contributed by atoms with Crippen LogP contribution < -0.4 is 5.32 Å².